The zero-order valence-corrected chi connectivity index (χ0v) is 12.3. The molecule has 19 heavy (non-hydrogen) atoms. The summed E-state index contributed by atoms with van der Waals surface area (Å²) in [6.45, 7) is 2.73. The smallest absolute Gasteiger partial charge is 0.335 e. The van der Waals surface area contributed by atoms with E-state index < -0.39 is 5.97 Å². The van der Waals surface area contributed by atoms with Crippen LogP contribution in [-0.4, -0.2) is 23.7 Å². The number of nitrogens with one attached hydrogen (secondary N) is 2. The monoisotopic (exact) mass is 328 g/mol. The number of hydrogen-bond donors (Lipinski definition) is 3. The number of unbranched alkanes of at least 4 members (excludes halogenated alkanes) is 2. The zero-order chi connectivity index (χ0) is 14.3. The van der Waals surface area contributed by atoms with Crippen LogP contribution in [0.15, 0.2) is 22.7 Å². The molecule has 0 heterocycles. The van der Waals surface area contributed by atoms with Crippen LogP contribution in [0.2, 0.25) is 0 Å². The van der Waals surface area contributed by atoms with E-state index in [9.17, 15) is 9.59 Å². The molecule has 0 saturated heterocycles. The van der Waals surface area contributed by atoms with Crippen LogP contribution in [0.3, 0.4) is 0 Å². The predicted octanol–water partition coefficient (Wildman–Crippen LogP) is 3.46. The average molecular weight is 329 g/mol. The molecule has 1 aromatic rings. The number of anilines is 1. The summed E-state index contributed by atoms with van der Waals surface area (Å²) < 4.78 is 0.538. The first-order valence-electron chi connectivity index (χ1n) is 6.12. The van der Waals surface area contributed by atoms with Gasteiger partial charge < -0.3 is 15.7 Å². The topological polar surface area (TPSA) is 78.4 Å². The highest BCUT2D eigenvalue weighted by Crippen LogP contribution is 2.23. The molecule has 3 N–H and O–H groups in total. The Balaban J connectivity index is 2.52. The van der Waals surface area contributed by atoms with Gasteiger partial charge in [-0.05, 0) is 40.5 Å². The molecule has 0 aliphatic heterocycles. The van der Waals surface area contributed by atoms with Gasteiger partial charge in [0.1, 0.15) is 0 Å². The van der Waals surface area contributed by atoms with E-state index in [1.54, 1.807) is 6.07 Å². The summed E-state index contributed by atoms with van der Waals surface area (Å²) in [5.74, 6) is -1.00. The largest absolute Gasteiger partial charge is 0.478 e. The lowest BCUT2D eigenvalue weighted by Gasteiger charge is -2.09. The summed E-state index contributed by atoms with van der Waals surface area (Å²) in [5.41, 5.74) is 0.707. The van der Waals surface area contributed by atoms with Crippen molar-refractivity contribution in [2.24, 2.45) is 0 Å². The SMILES string of the molecule is CCCCCNC(=O)Nc1ccc(C(=O)O)cc1Br. The maximum Gasteiger partial charge on any atom is 0.335 e. The van der Waals surface area contributed by atoms with Crippen molar-refractivity contribution in [1.29, 1.82) is 0 Å². The Morgan fingerprint density at radius 2 is 2.05 bits per heavy atom. The molecule has 104 valence electrons. The van der Waals surface area contributed by atoms with Crippen molar-refractivity contribution in [3.63, 3.8) is 0 Å². The summed E-state index contributed by atoms with van der Waals surface area (Å²) in [4.78, 5) is 22.4. The predicted molar refractivity (Wildman–Crippen MR) is 77.6 cm³/mol. The number of rotatable bonds is 6. The number of carbonyl (C=O) groups is 2. The molecular formula is C13H17BrN2O3. The lowest BCUT2D eigenvalue weighted by Crippen LogP contribution is -2.29. The number of carbonyl (C=O) groups excluding carboxylic acids is 1. The molecule has 1 aromatic carbocycles. The fourth-order valence-electron chi connectivity index (χ4n) is 1.49. The number of amides is 2. The standard InChI is InChI=1S/C13H17BrN2O3/c1-2-3-4-7-15-13(19)16-11-6-5-9(12(17)18)8-10(11)14/h5-6,8H,2-4,7H2,1H3,(H,17,18)(H2,15,16,19). The minimum absolute atomic E-state index is 0.167. The Morgan fingerprint density at radius 3 is 2.63 bits per heavy atom. The van der Waals surface area contributed by atoms with Crippen molar-refractivity contribution < 1.29 is 14.7 Å². The van der Waals surface area contributed by atoms with Crippen LogP contribution >= 0.6 is 15.9 Å². The Kier molecular flexibility index (Phi) is 6.35. The molecule has 0 aromatic heterocycles. The van der Waals surface area contributed by atoms with Crippen LogP contribution in [0.1, 0.15) is 36.5 Å². The summed E-state index contributed by atoms with van der Waals surface area (Å²) >= 11 is 3.23. The van der Waals surface area contributed by atoms with Gasteiger partial charge in [0.05, 0.1) is 11.3 Å². The average Bonchev–Trinajstić information content (AvgIpc) is 2.37. The highest BCUT2D eigenvalue weighted by atomic mass is 79.9. The molecule has 0 fully saturated rings. The maximum atomic E-state index is 11.6. The zero-order valence-electron chi connectivity index (χ0n) is 10.7. The number of aromatic carboxylic acids is 1. The Hall–Kier alpha value is -1.56. The molecule has 5 nitrogen and oxygen atoms in total. The normalized spacial score (nSPS) is 10.0. The lowest BCUT2D eigenvalue weighted by atomic mass is 10.2. The van der Waals surface area contributed by atoms with Crippen LogP contribution in [0.4, 0.5) is 10.5 Å². The maximum absolute atomic E-state index is 11.6. The number of halogens is 1. The van der Waals surface area contributed by atoms with Crippen molar-refractivity contribution in [3.8, 4) is 0 Å². The third kappa shape index (κ3) is 5.30. The van der Waals surface area contributed by atoms with Crippen molar-refractivity contribution >= 4 is 33.6 Å². The van der Waals surface area contributed by atoms with E-state index in [4.69, 9.17) is 5.11 Å². The lowest BCUT2D eigenvalue weighted by molar-refractivity contribution is 0.0697. The second kappa shape index (κ2) is 7.78. The van der Waals surface area contributed by atoms with Crippen LogP contribution in [0.25, 0.3) is 0 Å². The van der Waals surface area contributed by atoms with Crippen molar-refractivity contribution in [3.05, 3.63) is 28.2 Å². The molecule has 0 saturated carbocycles. The third-order valence-electron chi connectivity index (χ3n) is 2.53. The second-order valence-electron chi connectivity index (χ2n) is 4.09. The minimum atomic E-state index is -1.00. The number of carboxylic acids is 1. The molecular weight excluding hydrogens is 312 g/mol. The van der Waals surface area contributed by atoms with Gasteiger partial charge in [0, 0.05) is 11.0 Å². The Morgan fingerprint density at radius 1 is 1.32 bits per heavy atom. The fraction of sp³-hybridized carbons (Fsp3) is 0.385. The molecule has 0 spiro atoms. The molecule has 1 rings (SSSR count). The van der Waals surface area contributed by atoms with E-state index in [1.165, 1.54) is 12.1 Å². The van der Waals surface area contributed by atoms with Crippen LogP contribution in [0, 0.1) is 0 Å². The highest BCUT2D eigenvalue weighted by molar-refractivity contribution is 9.10. The van der Waals surface area contributed by atoms with Gasteiger partial charge >= 0.3 is 12.0 Å². The first-order valence-corrected chi connectivity index (χ1v) is 6.91. The minimum Gasteiger partial charge on any atom is -0.478 e. The number of urea groups is 1. The summed E-state index contributed by atoms with van der Waals surface area (Å²) in [7, 11) is 0. The van der Waals surface area contributed by atoms with E-state index in [-0.39, 0.29) is 11.6 Å². The number of benzene rings is 1. The van der Waals surface area contributed by atoms with E-state index >= 15 is 0 Å². The van der Waals surface area contributed by atoms with E-state index in [1.807, 2.05) is 0 Å². The van der Waals surface area contributed by atoms with E-state index in [2.05, 4.69) is 33.5 Å². The Bertz CT molecular complexity index is 463. The molecule has 6 heteroatoms. The van der Waals surface area contributed by atoms with E-state index in [0.29, 0.717) is 16.7 Å². The fourth-order valence-corrected chi connectivity index (χ4v) is 1.97. The molecule has 0 aliphatic carbocycles. The van der Waals surface area contributed by atoms with Gasteiger partial charge in [-0.3, -0.25) is 0 Å². The van der Waals surface area contributed by atoms with Gasteiger partial charge in [0.15, 0.2) is 0 Å². The molecule has 0 aliphatic rings. The van der Waals surface area contributed by atoms with Crippen LogP contribution in [-0.2, 0) is 0 Å². The van der Waals surface area contributed by atoms with Gasteiger partial charge in [-0.25, -0.2) is 9.59 Å². The highest BCUT2D eigenvalue weighted by Gasteiger charge is 2.08. The van der Waals surface area contributed by atoms with Gasteiger partial charge in [0.2, 0.25) is 0 Å². The third-order valence-corrected chi connectivity index (χ3v) is 3.19. The summed E-state index contributed by atoms with van der Waals surface area (Å²) in [6, 6.07) is 4.16. The van der Waals surface area contributed by atoms with Crippen LogP contribution < -0.4 is 10.6 Å². The van der Waals surface area contributed by atoms with Crippen molar-refractivity contribution in [2.75, 3.05) is 11.9 Å². The van der Waals surface area contributed by atoms with Crippen molar-refractivity contribution in [1.82, 2.24) is 5.32 Å². The Labute approximate surface area is 120 Å². The molecule has 0 radical (unpaired) electrons. The van der Waals surface area contributed by atoms with Gasteiger partial charge in [-0.2, -0.15) is 0 Å². The first-order chi connectivity index (χ1) is 9.04. The molecule has 0 bridgehead atoms. The van der Waals surface area contributed by atoms with Gasteiger partial charge in [-0.1, -0.05) is 19.8 Å². The second-order valence-corrected chi connectivity index (χ2v) is 4.94. The van der Waals surface area contributed by atoms with Gasteiger partial charge in [0.25, 0.3) is 0 Å². The van der Waals surface area contributed by atoms with Crippen molar-refractivity contribution in [2.45, 2.75) is 26.2 Å². The quantitative estimate of drug-likeness (QED) is 0.700. The molecule has 2 amide bonds. The first kappa shape index (κ1) is 15.5. The van der Waals surface area contributed by atoms with Gasteiger partial charge in [-0.15, -0.1) is 0 Å². The summed E-state index contributed by atoms with van der Waals surface area (Å²) in [5, 5.41) is 14.2. The molecule has 0 atom stereocenters. The van der Waals surface area contributed by atoms with E-state index in [0.717, 1.165) is 19.3 Å². The molecule has 0 unspecified atom stereocenters. The van der Waals surface area contributed by atoms with Crippen LogP contribution in [0.5, 0.6) is 0 Å². The number of hydrogen-bond acceptors (Lipinski definition) is 2. The summed E-state index contributed by atoms with van der Waals surface area (Å²) in [6.07, 6.45) is 3.13. The number of carboxylic acid groups (broad SMARTS) is 1.